The van der Waals surface area contributed by atoms with Gasteiger partial charge in [-0.05, 0) is 61.4 Å². The van der Waals surface area contributed by atoms with Gasteiger partial charge in [0, 0.05) is 12.6 Å². The molecule has 0 N–H and O–H groups in total. The van der Waals surface area contributed by atoms with Crippen molar-refractivity contribution in [3.05, 3.63) is 64.5 Å². The van der Waals surface area contributed by atoms with Crippen LogP contribution in [-0.4, -0.2) is 18.3 Å². The third-order valence-electron chi connectivity index (χ3n) is 5.92. The maximum Gasteiger partial charge on any atom is 0.123 e. The van der Waals surface area contributed by atoms with E-state index < -0.39 is 0 Å². The summed E-state index contributed by atoms with van der Waals surface area (Å²) >= 11 is 0. The van der Waals surface area contributed by atoms with Crippen molar-refractivity contribution in [3.8, 4) is 0 Å². The Morgan fingerprint density at radius 2 is 1.96 bits per heavy atom. The van der Waals surface area contributed by atoms with E-state index in [4.69, 9.17) is 4.99 Å². The predicted octanol–water partition coefficient (Wildman–Crippen LogP) is 5.27. The molecule has 0 radical (unpaired) electrons. The third-order valence-corrected chi connectivity index (χ3v) is 5.92. The first-order valence-corrected chi connectivity index (χ1v) is 8.69. The summed E-state index contributed by atoms with van der Waals surface area (Å²) in [6.07, 6.45) is 5.75. The molecule has 2 nitrogen and oxygen atoms in total. The van der Waals surface area contributed by atoms with Crippen LogP contribution in [0.25, 0.3) is 0 Å². The van der Waals surface area contributed by atoms with Crippen LogP contribution in [0.5, 0.6) is 0 Å². The number of fused-ring (bicyclic) bond motifs is 1. The molecule has 2 aromatic rings. The van der Waals surface area contributed by atoms with Crippen LogP contribution in [0.1, 0.15) is 54.4 Å². The number of hydrogen-bond donors (Lipinski definition) is 0. The number of halogens is 1. The quantitative estimate of drug-likeness (QED) is 0.735. The van der Waals surface area contributed by atoms with Gasteiger partial charge in [-0.3, -0.25) is 0 Å². The van der Waals surface area contributed by atoms with E-state index in [-0.39, 0.29) is 11.4 Å². The molecule has 1 fully saturated rings. The molecule has 0 saturated heterocycles. The highest BCUT2D eigenvalue weighted by Gasteiger charge is 2.39. The summed E-state index contributed by atoms with van der Waals surface area (Å²) in [5, 5.41) is 0. The van der Waals surface area contributed by atoms with Crippen LogP contribution in [0.15, 0.2) is 41.4 Å². The summed E-state index contributed by atoms with van der Waals surface area (Å²) in [5.41, 5.74) is 5.46. The molecule has 1 atom stereocenters. The van der Waals surface area contributed by atoms with E-state index in [0.29, 0.717) is 5.92 Å². The van der Waals surface area contributed by atoms with Gasteiger partial charge < -0.3 is 4.90 Å². The van der Waals surface area contributed by atoms with Crippen molar-refractivity contribution < 1.29 is 4.39 Å². The van der Waals surface area contributed by atoms with E-state index in [1.54, 1.807) is 12.1 Å². The Bertz CT molecular complexity index is 823. The van der Waals surface area contributed by atoms with Crippen LogP contribution >= 0.6 is 0 Å². The average Bonchev–Trinajstić information content (AvgIpc) is 2.50. The largest absolute Gasteiger partial charge is 0.352 e. The van der Waals surface area contributed by atoms with Crippen LogP contribution in [0, 0.1) is 12.7 Å². The van der Waals surface area contributed by atoms with Gasteiger partial charge in [0.25, 0.3) is 0 Å². The lowest BCUT2D eigenvalue weighted by molar-refractivity contribution is 0.289. The second-order valence-electron chi connectivity index (χ2n) is 7.26. The number of rotatable bonds is 2. The van der Waals surface area contributed by atoms with Crippen LogP contribution < -0.4 is 0 Å². The van der Waals surface area contributed by atoms with Crippen molar-refractivity contribution in [2.75, 3.05) is 7.05 Å². The van der Waals surface area contributed by atoms with Crippen molar-refractivity contribution in [1.82, 2.24) is 4.90 Å². The number of para-hydroxylation sites is 1. The molecule has 3 heteroatoms. The SMILES string of the molecule is Cc1cc(F)ccc1C1(C)c2cccc(C3CCC3)c2N=CN1C. The van der Waals surface area contributed by atoms with E-state index >= 15 is 0 Å². The second kappa shape index (κ2) is 5.44. The molecule has 1 saturated carbocycles. The first-order chi connectivity index (χ1) is 11.5. The van der Waals surface area contributed by atoms with Gasteiger partial charge in [-0.15, -0.1) is 0 Å². The predicted molar refractivity (Wildman–Crippen MR) is 96.5 cm³/mol. The molecule has 2 aliphatic rings. The highest BCUT2D eigenvalue weighted by molar-refractivity contribution is 5.74. The van der Waals surface area contributed by atoms with Gasteiger partial charge in [0.05, 0.1) is 17.6 Å². The van der Waals surface area contributed by atoms with Crippen LogP contribution in [0.4, 0.5) is 10.1 Å². The highest BCUT2D eigenvalue weighted by atomic mass is 19.1. The number of benzene rings is 2. The van der Waals surface area contributed by atoms with E-state index in [1.165, 1.54) is 30.4 Å². The molecule has 0 aromatic heterocycles. The lowest BCUT2D eigenvalue weighted by Gasteiger charge is -2.43. The fourth-order valence-corrected chi connectivity index (χ4v) is 4.11. The highest BCUT2D eigenvalue weighted by Crippen LogP contribution is 2.49. The minimum Gasteiger partial charge on any atom is -0.352 e. The first kappa shape index (κ1) is 15.4. The molecule has 1 aliphatic carbocycles. The number of aryl methyl sites for hydroxylation is 1. The van der Waals surface area contributed by atoms with Gasteiger partial charge in [0.1, 0.15) is 5.82 Å². The third kappa shape index (κ3) is 2.10. The molecule has 4 rings (SSSR count). The molecule has 124 valence electrons. The van der Waals surface area contributed by atoms with Crippen molar-refractivity contribution >= 4 is 12.0 Å². The smallest absolute Gasteiger partial charge is 0.123 e. The van der Waals surface area contributed by atoms with E-state index in [2.05, 4.69) is 30.0 Å². The average molecular weight is 322 g/mol. The molecule has 1 heterocycles. The van der Waals surface area contributed by atoms with Crippen molar-refractivity contribution in [2.24, 2.45) is 4.99 Å². The molecule has 0 bridgehead atoms. The molecule has 1 aliphatic heterocycles. The van der Waals surface area contributed by atoms with Gasteiger partial charge in [0.15, 0.2) is 0 Å². The maximum atomic E-state index is 13.6. The normalized spacial score (nSPS) is 23.1. The summed E-state index contributed by atoms with van der Waals surface area (Å²) < 4.78 is 13.6. The van der Waals surface area contributed by atoms with Gasteiger partial charge in [-0.2, -0.15) is 0 Å². The van der Waals surface area contributed by atoms with Crippen molar-refractivity contribution in [3.63, 3.8) is 0 Å². The first-order valence-electron chi connectivity index (χ1n) is 8.69. The number of aliphatic imine (C=N–C) groups is 1. The van der Waals surface area contributed by atoms with Gasteiger partial charge in [0.2, 0.25) is 0 Å². The summed E-state index contributed by atoms with van der Waals surface area (Å²) in [7, 11) is 2.05. The molecule has 0 amide bonds. The van der Waals surface area contributed by atoms with E-state index in [0.717, 1.165) is 16.8 Å². The van der Waals surface area contributed by atoms with Gasteiger partial charge in [-0.1, -0.05) is 30.7 Å². The topological polar surface area (TPSA) is 15.6 Å². The fraction of sp³-hybridized carbons (Fsp3) is 0.381. The summed E-state index contributed by atoms with van der Waals surface area (Å²) in [6, 6.07) is 11.6. The maximum absolute atomic E-state index is 13.6. The molecule has 2 aromatic carbocycles. The van der Waals surface area contributed by atoms with Crippen LogP contribution in [0.2, 0.25) is 0 Å². The number of nitrogens with zero attached hydrogens (tertiary/aromatic N) is 2. The number of hydrogen-bond acceptors (Lipinski definition) is 2. The summed E-state index contributed by atoms with van der Waals surface area (Å²) in [6.45, 7) is 4.19. The zero-order chi connectivity index (χ0) is 16.9. The van der Waals surface area contributed by atoms with Crippen LogP contribution in [-0.2, 0) is 5.54 Å². The molecule has 24 heavy (non-hydrogen) atoms. The van der Waals surface area contributed by atoms with Gasteiger partial charge in [-0.25, -0.2) is 9.38 Å². The summed E-state index contributed by atoms with van der Waals surface area (Å²) in [5.74, 6) is 0.453. The Hall–Kier alpha value is -2.16. The Kier molecular flexibility index (Phi) is 3.48. The minimum absolute atomic E-state index is 0.185. The minimum atomic E-state index is -0.339. The Balaban J connectivity index is 1.92. The fourth-order valence-electron chi connectivity index (χ4n) is 4.11. The van der Waals surface area contributed by atoms with Crippen molar-refractivity contribution in [1.29, 1.82) is 0 Å². The molecular formula is C21H23FN2. The Morgan fingerprint density at radius 3 is 2.62 bits per heavy atom. The van der Waals surface area contributed by atoms with Crippen molar-refractivity contribution in [2.45, 2.75) is 44.6 Å². The lowest BCUT2D eigenvalue weighted by Crippen LogP contribution is -2.44. The van der Waals surface area contributed by atoms with Gasteiger partial charge >= 0.3 is 0 Å². The van der Waals surface area contributed by atoms with E-state index in [9.17, 15) is 4.39 Å². The summed E-state index contributed by atoms with van der Waals surface area (Å²) in [4.78, 5) is 6.91. The second-order valence-corrected chi connectivity index (χ2v) is 7.26. The molecular weight excluding hydrogens is 299 g/mol. The standard InChI is InChI=1S/C21H23FN2/c1-14-12-16(22)10-11-18(14)21(2)19-9-5-8-17(15-6-4-7-15)20(19)23-13-24(21)3/h5,8-13,15H,4,6-7H2,1-3H3. The lowest BCUT2D eigenvalue weighted by atomic mass is 9.74. The zero-order valence-electron chi connectivity index (χ0n) is 14.5. The Morgan fingerprint density at radius 1 is 1.17 bits per heavy atom. The molecule has 1 unspecified atom stereocenters. The zero-order valence-corrected chi connectivity index (χ0v) is 14.5. The Labute approximate surface area is 143 Å². The van der Waals surface area contributed by atoms with E-state index in [1.807, 2.05) is 26.4 Å². The van der Waals surface area contributed by atoms with Crippen LogP contribution in [0.3, 0.4) is 0 Å². The monoisotopic (exact) mass is 322 g/mol. The molecule has 0 spiro atoms.